The summed E-state index contributed by atoms with van der Waals surface area (Å²) in [7, 11) is 2.17. The SMILES string of the molecule is CN1CCCC1.Cc1ccc(O)cc1. The van der Waals surface area contributed by atoms with Crippen LogP contribution in [0.4, 0.5) is 0 Å². The van der Waals surface area contributed by atoms with Crippen LogP contribution in [0, 0.1) is 6.92 Å². The normalized spacial score (nSPS) is 16.1. The number of aryl methyl sites for hydroxylation is 1. The van der Waals surface area contributed by atoms with Gasteiger partial charge in [0.2, 0.25) is 0 Å². The molecule has 0 unspecified atom stereocenters. The van der Waals surface area contributed by atoms with Crippen LogP contribution in [0.3, 0.4) is 0 Å². The highest BCUT2D eigenvalue weighted by molar-refractivity contribution is 5.24. The molecule has 0 aromatic heterocycles. The number of phenolic OH excluding ortho intramolecular Hbond substituents is 1. The van der Waals surface area contributed by atoms with E-state index >= 15 is 0 Å². The summed E-state index contributed by atoms with van der Waals surface area (Å²) in [5, 5.41) is 8.76. The van der Waals surface area contributed by atoms with Crippen molar-refractivity contribution in [3.63, 3.8) is 0 Å². The van der Waals surface area contributed by atoms with E-state index in [4.69, 9.17) is 5.11 Å². The molecule has 0 saturated carbocycles. The molecule has 1 saturated heterocycles. The van der Waals surface area contributed by atoms with Crippen molar-refractivity contribution < 1.29 is 5.11 Å². The molecule has 0 bridgehead atoms. The first-order valence-corrected chi connectivity index (χ1v) is 5.12. The lowest BCUT2D eigenvalue weighted by Crippen LogP contribution is -2.10. The Morgan fingerprint density at radius 1 is 1.07 bits per heavy atom. The van der Waals surface area contributed by atoms with Gasteiger partial charge in [-0.2, -0.15) is 0 Å². The van der Waals surface area contributed by atoms with E-state index in [9.17, 15) is 0 Å². The topological polar surface area (TPSA) is 23.5 Å². The molecule has 1 N–H and O–H groups in total. The molecule has 14 heavy (non-hydrogen) atoms. The van der Waals surface area contributed by atoms with Crippen LogP contribution in [0.2, 0.25) is 0 Å². The minimum Gasteiger partial charge on any atom is -0.508 e. The summed E-state index contributed by atoms with van der Waals surface area (Å²) in [4.78, 5) is 2.36. The van der Waals surface area contributed by atoms with Crippen LogP contribution >= 0.6 is 0 Å². The summed E-state index contributed by atoms with van der Waals surface area (Å²) in [6.07, 6.45) is 2.83. The van der Waals surface area contributed by atoms with E-state index in [1.165, 1.54) is 31.5 Å². The number of benzene rings is 1. The largest absolute Gasteiger partial charge is 0.508 e. The average Bonchev–Trinajstić information content (AvgIpc) is 2.63. The van der Waals surface area contributed by atoms with Crippen molar-refractivity contribution in [2.24, 2.45) is 0 Å². The lowest BCUT2D eigenvalue weighted by atomic mass is 10.2. The van der Waals surface area contributed by atoms with Gasteiger partial charge in [-0.25, -0.2) is 0 Å². The van der Waals surface area contributed by atoms with Crippen molar-refractivity contribution >= 4 is 0 Å². The smallest absolute Gasteiger partial charge is 0.115 e. The molecule has 1 heterocycles. The maximum Gasteiger partial charge on any atom is 0.115 e. The zero-order valence-corrected chi connectivity index (χ0v) is 9.03. The Labute approximate surface area is 86.2 Å². The van der Waals surface area contributed by atoms with Gasteiger partial charge in [0.05, 0.1) is 0 Å². The summed E-state index contributed by atoms with van der Waals surface area (Å²) in [6.45, 7) is 4.62. The molecule has 0 amide bonds. The molecule has 1 aliphatic heterocycles. The molecule has 1 aromatic rings. The fraction of sp³-hybridized carbons (Fsp3) is 0.500. The molecule has 0 atom stereocenters. The molecule has 0 spiro atoms. The monoisotopic (exact) mass is 193 g/mol. The standard InChI is InChI=1S/C7H8O.C5H11N/c1-6-2-4-7(8)5-3-6;1-6-4-2-3-5-6/h2-5,8H,1H3;2-5H2,1H3. The van der Waals surface area contributed by atoms with Gasteiger partial charge >= 0.3 is 0 Å². The predicted molar refractivity (Wildman–Crippen MR) is 59.6 cm³/mol. The molecule has 1 aliphatic rings. The molecule has 2 heteroatoms. The Kier molecular flexibility index (Phi) is 4.47. The molecule has 78 valence electrons. The Hall–Kier alpha value is -1.02. The Balaban J connectivity index is 0.000000146. The maximum atomic E-state index is 8.76. The second-order valence-electron chi connectivity index (χ2n) is 3.85. The second kappa shape index (κ2) is 5.66. The number of likely N-dealkylation sites (tertiary alicyclic amines) is 1. The van der Waals surface area contributed by atoms with Gasteiger partial charge in [-0.3, -0.25) is 0 Å². The number of hydrogen-bond acceptors (Lipinski definition) is 2. The minimum atomic E-state index is 0.329. The van der Waals surface area contributed by atoms with E-state index in [-0.39, 0.29) is 0 Å². The van der Waals surface area contributed by atoms with Crippen LogP contribution in [0.5, 0.6) is 5.75 Å². The number of nitrogens with zero attached hydrogens (tertiary/aromatic N) is 1. The summed E-state index contributed by atoms with van der Waals surface area (Å²) in [6, 6.07) is 7.09. The average molecular weight is 193 g/mol. The first-order chi connectivity index (χ1) is 6.68. The van der Waals surface area contributed by atoms with E-state index in [1.54, 1.807) is 12.1 Å². The minimum absolute atomic E-state index is 0.329. The fourth-order valence-corrected chi connectivity index (χ4v) is 1.42. The first-order valence-electron chi connectivity index (χ1n) is 5.12. The maximum absolute atomic E-state index is 8.76. The van der Waals surface area contributed by atoms with E-state index < -0.39 is 0 Å². The molecule has 2 rings (SSSR count). The van der Waals surface area contributed by atoms with Gasteiger partial charge in [0, 0.05) is 0 Å². The summed E-state index contributed by atoms with van der Waals surface area (Å²) in [5.41, 5.74) is 1.17. The summed E-state index contributed by atoms with van der Waals surface area (Å²) < 4.78 is 0. The van der Waals surface area contributed by atoms with E-state index in [2.05, 4.69) is 11.9 Å². The van der Waals surface area contributed by atoms with Crippen LogP contribution in [0.1, 0.15) is 18.4 Å². The van der Waals surface area contributed by atoms with Crippen LogP contribution in [0.25, 0.3) is 0 Å². The highest BCUT2D eigenvalue weighted by Gasteiger charge is 2.03. The van der Waals surface area contributed by atoms with Crippen LogP contribution in [0.15, 0.2) is 24.3 Å². The third-order valence-corrected chi connectivity index (χ3v) is 2.36. The molecule has 1 aromatic carbocycles. The second-order valence-corrected chi connectivity index (χ2v) is 3.85. The van der Waals surface area contributed by atoms with Gasteiger partial charge in [-0.1, -0.05) is 17.7 Å². The van der Waals surface area contributed by atoms with Gasteiger partial charge in [-0.15, -0.1) is 0 Å². The zero-order chi connectivity index (χ0) is 10.4. The number of phenols is 1. The van der Waals surface area contributed by atoms with Crippen molar-refractivity contribution in [2.45, 2.75) is 19.8 Å². The van der Waals surface area contributed by atoms with Crippen LogP contribution in [-0.4, -0.2) is 30.1 Å². The van der Waals surface area contributed by atoms with Crippen LogP contribution < -0.4 is 0 Å². The molecule has 0 aliphatic carbocycles. The van der Waals surface area contributed by atoms with Crippen molar-refractivity contribution in [3.05, 3.63) is 29.8 Å². The number of aromatic hydroxyl groups is 1. The highest BCUT2D eigenvalue weighted by atomic mass is 16.3. The molecule has 1 fully saturated rings. The van der Waals surface area contributed by atoms with Crippen molar-refractivity contribution in [1.82, 2.24) is 4.90 Å². The third-order valence-electron chi connectivity index (χ3n) is 2.36. The predicted octanol–water partition coefficient (Wildman–Crippen LogP) is 2.41. The number of rotatable bonds is 0. The van der Waals surface area contributed by atoms with E-state index in [1.807, 2.05) is 19.1 Å². The molecular formula is C12H19NO. The van der Waals surface area contributed by atoms with Gasteiger partial charge in [-0.05, 0) is 52.0 Å². The Morgan fingerprint density at radius 3 is 1.86 bits per heavy atom. The zero-order valence-electron chi connectivity index (χ0n) is 9.03. The summed E-state index contributed by atoms with van der Waals surface area (Å²) >= 11 is 0. The lowest BCUT2D eigenvalue weighted by Gasteiger charge is -2.01. The van der Waals surface area contributed by atoms with Gasteiger partial charge < -0.3 is 10.0 Å². The van der Waals surface area contributed by atoms with Gasteiger partial charge in [0.15, 0.2) is 0 Å². The molecule has 2 nitrogen and oxygen atoms in total. The lowest BCUT2D eigenvalue weighted by molar-refractivity contribution is 0.418. The summed E-state index contributed by atoms with van der Waals surface area (Å²) in [5.74, 6) is 0.329. The highest BCUT2D eigenvalue weighted by Crippen LogP contribution is 2.07. The van der Waals surface area contributed by atoms with Crippen molar-refractivity contribution in [1.29, 1.82) is 0 Å². The Bertz CT molecular complexity index is 229. The van der Waals surface area contributed by atoms with Gasteiger partial charge in [0.1, 0.15) is 5.75 Å². The van der Waals surface area contributed by atoms with Crippen molar-refractivity contribution in [2.75, 3.05) is 20.1 Å². The first kappa shape index (κ1) is 11.1. The van der Waals surface area contributed by atoms with Crippen LogP contribution in [-0.2, 0) is 0 Å². The number of hydrogen-bond donors (Lipinski definition) is 1. The van der Waals surface area contributed by atoms with E-state index in [0.717, 1.165) is 0 Å². The quantitative estimate of drug-likeness (QED) is 0.684. The molecular weight excluding hydrogens is 174 g/mol. The van der Waals surface area contributed by atoms with Crippen molar-refractivity contribution in [3.8, 4) is 5.75 Å². The van der Waals surface area contributed by atoms with E-state index in [0.29, 0.717) is 5.75 Å². The fourth-order valence-electron chi connectivity index (χ4n) is 1.42. The third kappa shape index (κ3) is 4.28. The van der Waals surface area contributed by atoms with Gasteiger partial charge in [0.25, 0.3) is 0 Å². The Morgan fingerprint density at radius 2 is 1.57 bits per heavy atom. The molecule has 0 radical (unpaired) electrons.